The third-order valence-electron chi connectivity index (χ3n) is 1.66. The maximum absolute atomic E-state index is 9.59. The van der Waals surface area contributed by atoms with Crippen molar-refractivity contribution in [2.45, 2.75) is 13.3 Å². The van der Waals surface area contributed by atoms with E-state index in [4.69, 9.17) is 4.52 Å². The van der Waals surface area contributed by atoms with Crippen molar-refractivity contribution < 1.29 is 14.3 Å². The summed E-state index contributed by atoms with van der Waals surface area (Å²) >= 11 is 0. The molecule has 0 atom stereocenters. The van der Waals surface area contributed by atoms with Gasteiger partial charge in [0.2, 0.25) is 0 Å². The summed E-state index contributed by atoms with van der Waals surface area (Å²) in [5, 5.41) is 0.489. The van der Waals surface area contributed by atoms with E-state index >= 15 is 0 Å². The number of hydrogen-bond donors (Lipinski definition) is 2. The fraction of sp³-hybridized carbons (Fsp3) is 0.333. The fourth-order valence-electron chi connectivity index (χ4n) is 0.983. The van der Waals surface area contributed by atoms with Crippen molar-refractivity contribution >= 4 is 13.2 Å². The van der Waals surface area contributed by atoms with E-state index in [9.17, 15) is 9.79 Å². The molecule has 0 heterocycles. The Morgan fingerprint density at radius 1 is 1.23 bits per heavy atom. The molecule has 0 aliphatic rings. The number of rotatable bonds is 4. The molecular weight excluding hydrogens is 187 g/mol. The van der Waals surface area contributed by atoms with E-state index in [2.05, 4.69) is 0 Å². The van der Waals surface area contributed by atoms with Gasteiger partial charge in [0, 0.05) is 0 Å². The van der Waals surface area contributed by atoms with Crippen molar-refractivity contribution in [1.29, 1.82) is 0 Å². The van der Waals surface area contributed by atoms with E-state index < -0.39 is 7.94 Å². The van der Waals surface area contributed by atoms with Gasteiger partial charge in [-0.2, -0.15) is 0 Å². The summed E-state index contributed by atoms with van der Waals surface area (Å²) in [4.78, 5) is 19.2. The van der Waals surface area contributed by atoms with E-state index in [0.717, 1.165) is 6.42 Å². The van der Waals surface area contributed by atoms with Gasteiger partial charge in [-0.25, -0.2) is 0 Å². The molecule has 0 bridgehead atoms. The van der Waals surface area contributed by atoms with Crippen molar-refractivity contribution in [3.8, 4) is 0 Å². The zero-order valence-electron chi connectivity index (χ0n) is 7.60. The Bertz CT molecular complexity index is 248. The Balaban J connectivity index is 2.69. The van der Waals surface area contributed by atoms with Crippen LogP contribution in [0.15, 0.2) is 30.3 Å². The van der Waals surface area contributed by atoms with E-state index in [0.29, 0.717) is 11.9 Å². The summed E-state index contributed by atoms with van der Waals surface area (Å²) in [6.45, 7) is 2.31. The number of hydrogen-bond acceptors (Lipinski definition) is 3. The standard InChI is InChI=1S/C9H15O3P/c1-2-8-12-13(10,11)9-6-4-3-5-7-9/h3-7,10-11,13H,2,8H2,1H3. The molecule has 1 rings (SSSR count). The molecule has 0 aliphatic carbocycles. The van der Waals surface area contributed by atoms with E-state index in [-0.39, 0.29) is 0 Å². The minimum atomic E-state index is -3.60. The Morgan fingerprint density at radius 3 is 2.38 bits per heavy atom. The number of benzene rings is 1. The third kappa shape index (κ3) is 3.05. The second-order valence-corrected chi connectivity index (χ2v) is 4.91. The summed E-state index contributed by atoms with van der Waals surface area (Å²) < 4.78 is 5.01. The normalized spacial score (nSPS) is 12.8. The Kier molecular flexibility index (Phi) is 3.82. The van der Waals surface area contributed by atoms with Gasteiger partial charge in [0.25, 0.3) is 0 Å². The van der Waals surface area contributed by atoms with Gasteiger partial charge in [-0.05, 0) is 0 Å². The molecule has 0 saturated heterocycles. The van der Waals surface area contributed by atoms with Gasteiger partial charge in [-0.15, -0.1) is 0 Å². The fourth-order valence-corrected chi connectivity index (χ4v) is 2.27. The predicted octanol–water partition coefficient (Wildman–Crippen LogP) is 1.22. The zero-order chi connectivity index (χ0) is 9.73. The first-order valence-corrected chi connectivity index (χ1v) is 6.11. The van der Waals surface area contributed by atoms with Crippen LogP contribution in [-0.2, 0) is 4.52 Å². The predicted molar refractivity (Wildman–Crippen MR) is 55.1 cm³/mol. The summed E-state index contributed by atoms with van der Waals surface area (Å²) in [6, 6.07) is 8.69. The molecule has 1 aromatic carbocycles. The van der Waals surface area contributed by atoms with Crippen LogP contribution in [0.5, 0.6) is 0 Å². The summed E-state index contributed by atoms with van der Waals surface area (Å²) in [5.74, 6) is 0. The maximum atomic E-state index is 9.59. The van der Waals surface area contributed by atoms with Gasteiger partial charge in [0.05, 0.1) is 0 Å². The summed E-state index contributed by atoms with van der Waals surface area (Å²) in [6.07, 6.45) is 0.780. The second kappa shape index (κ2) is 4.68. The van der Waals surface area contributed by atoms with Crippen LogP contribution in [0.2, 0.25) is 0 Å². The minimum absolute atomic E-state index is 0.383. The SMILES string of the molecule is CCCO[PH](O)(O)c1ccccc1. The van der Waals surface area contributed by atoms with Crippen LogP contribution in [0.4, 0.5) is 0 Å². The molecule has 0 saturated carbocycles. The van der Waals surface area contributed by atoms with Crippen molar-refractivity contribution in [3.05, 3.63) is 30.3 Å². The molecule has 74 valence electrons. The molecular formula is C9H15O3P. The van der Waals surface area contributed by atoms with Gasteiger partial charge in [0.1, 0.15) is 0 Å². The van der Waals surface area contributed by atoms with E-state index in [1.165, 1.54) is 0 Å². The Labute approximate surface area is 78.6 Å². The second-order valence-electron chi connectivity index (χ2n) is 2.82. The first-order chi connectivity index (χ1) is 6.17. The van der Waals surface area contributed by atoms with E-state index in [1.54, 1.807) is 24.3 Å². The average Bonchev–Trinajstić information content (AvgIpc) is 2.16. The molecule has 4 heteroatoms. The quantitative estimate of drug-likeness (QED) is 0.722. The van der Waals surface area contributed by atoms with Crippen LogP contribution >= 0.6 is 7.94 Å². The molecule has 0 amide bonds. The summed E-state index contributed by atoms with van der Waals surface area (Å²) in [7, 11) is -3.60. The average molecular weight is 202 g/mol. The van der Waals surface area contributed by atoms with Crippen LogP contribution in [0.25, 0.3) is 0 Å². The van der Waals surface area contributed by atoms with Gasteiger partial charge in [0.15, 0.2) is 0 Å². The molecule has 0 aromatic heterocycles. The molecule has 0 radical (unpaired) electrons. The molecule has 2 N–H and O–H groups in total. The monoisotopic (exact) mass is 202 g/mol. The molecule has 3 nitrogen and oxygen atoms in total. The molecule has 0 spiro atoms. The van der Waals surface area contributed by atoms with Crippen molar-refractivity contribution in [2.75, 3.05) is 6.61 Å². The molecule has 0 fully saturated rings. The van der Waals surface area contributed by atoms with Crippen LogP contribution < -0.4 is 5.30 Å². The van der Waals surface area contributed by atoms with E-state index in [1.807, 2.05) is 13.0 Å². The third-order valence-corrected chi connectivity index (χ3v) is 3.35. The summed E-state index contributed by atoms with van der Waals surface area (Å²) in [5.41, 5.74) is 0. The molecule has 0 unspecified atom stereocenters. The Hall–Kier alpha value is -0.470. The van der Waals surface area contributed by atoms with Crippen LogP contribution in [0.3, 0.4) is 0 Å². The Morgan fingerprint density at radius 2 is 1.85 bits per heavy atom. The van der Waals surface area contributed by atoms with Crippen molar-refractivity contribution in [2.24, 2.45) is 0 Å². The van der Waals surface area contributed by atoms with Gasteiger partial charge < -0.3 is 0 Å². The van der Waals surface area contributed by atoms with Crippen LogP contribution in [0.1, 0.15) is 13.3 Å². The van der Waals surface area contributed by atoms with Crippen LogP contribution in [-0.4, -0.2) is 16.4 Å². The van der Waals surface area contributed by atoms with Crippen molar-refractivity contribution in [3.63, 3.8) is 0 Å². The molecule has 1 aromatic rings. The van der Waals surface area contributed by atoms with Gasteiger partial charge >= 0.3 is 77.8 Å². The molecule has 0 aliphatic heterocycles. The first kappa shape index (κ1) is 10.6. The topological polar surface area (TPSA) is 49.7 Å². The van der Waals surface area contributed by atoms with Gasteiger partial charge in [-0.1, -0.05) is 0 Å². The first-order valence-electron chi connectivity index (χ1n) is 4.31. The van der Waals surface area contributed by atoms with Gasteiger partial charge in [-0.3, -0.25) is 0 Å². The van der Waals surface area contributed by atoms with Crippen LogP contribution in [0, 0.1) is 0 Å². The van der Waals surface area contributed by atoms with Crippen molar-refractivity contribution in [1.82, 2.24) is 0 Å². The molecule has 13 heavy (non-hydrogen) atoms. The zero-order valence-corrected chi connectivity index (χ0v) is 8.60.